The van der Waals surface area contributed by atoms with E-state index < -0.39 is 5.54 Å². The van der Waals surface area contributed by atoms with Gasteiger partial charge in [0.2, 0.25) is 0 Å². The minimum atomic E-state index is -0.430. The van der Waals surface area contributed by atoms with E-state index in [9.17, 15) is 4.39 Å². The molecule has 1 aliphatic rings. The van der Waals surface area contributed by atoms with Gasteiger partial charge in [0, 0.05) is 19.6 Å². The molecule has 1 fully saturated rings. The molecule has 0 amide bonds. The summed E-state index contributed by atoms with van der Waals surface area (Å²) in [6, 6.07) is 13.6. The number of benzene rings is 1. The smallest absolute Gasteiger partial charge is 0.141 e. The van der Waals surface area contributed by atoms with Gasteiger partial charge in [0.05, 0.1) is 17.4 Å². The second kappa shape index (κ2) is 5.92. The highest BCUT2D eigenvalue weighted by Gasteiger charge is 2.33. The van der Waals surface area contributed by atoms with Gasteiger partial charge in [0.1, 0.15) is 5.82 Å². The van der Waals surface area contributed by atoms with E-state index in [0.29, 0.717) is 0 Å². The van der Waals surface area contributed by atoms with Crippen molar-refractivity contribution in [3.63, 3.8) is 0 Å². The first-order chi connectivity index (χ1) is 10.2. The Kier molecular flexibility index (Phi) is 3.99. The van der Waals surface area contributed by atoms with Gasteiger partial charge in [-0.25, -0.2) is 4.39 Å². The molecule has 0 atom stereocenters. The van der Waals surface area contributed by atoms with Crippen molar-refractivity contribution in [3.8, 4) is 0 Å². The fraction of sp³-hybridized carbons (Fsp3) is 0.353. The van der Waals surface area contributed by atoms with Crippen molar-refractivity contribution in [1.82, 2.24) is 9.88 Å². The molecule has 0 spiro atoms. The number of pyridine rings is 1. The molecule has 0 radical (unpaired) electrons. The topological polar surface area (TPSA) is 42.1 Å². The van der Waals surface area contributed by atoms with E-state index in [1.54, 1.807) is 6.07 Å². The Morgan fingerprint density at radius 1 is 1.10 bits per heavy atom. The third-order valence-electron chi connectivity index (χ3n) is 4.23. The van der Waals surface area contributed by atoms with E-state index >= 15 is 0 Å². The van der Waals surface area contributed by atoms with Gasteiger partial charge in [0.25, 0.3) is 0 Å². The van der Waals surface area contributed by atoms with Crippen LogP contribution in [0.5, 0.6) is 0 Å². The molecule has 1 saturated heterocycles. The average molecular weight is 285 g/mol. The van der Waals surface area contributed by atoms with Crippen molar-refractivity contribution in [1.29, 1.82) is 0 Å². The van der Waals surface area contributed by atoms with Crippen LogP contribution in [-0.4, -0.2) is 23.0 Å². The largest absolute Gasteiger partial charge is 0.320 e. The zero-order valence-corrected chi connectivity index (χ0v) is 12.0. The molecule has 2 aromatic rings. The number of piperidine rings is 1. The molecular weight excluding hydrogens is 265 g/mol. The van der Waals surface area contributed by atoms with Crippen LogP contribution in [-0.2, 0) is 12.1 Å². The summed E-state index contributed by atoms with van der Waals surface area (Å²) in [5.41, 5.74) is 8.16. The van der Waals surface area contributed by atoms with Gasteiger partial charge in [-0.05, 0) is 30.5 Å². The molecule has 3 rings (SSSR count). The minimum Gasteiger partial charge on any atom is -0.320 e. The van der Waals surface area contributed by atoms with Crippen molar-refractivity contribution in [2.75, 3.05) is 13.1 Å². The molecule has 21 heavy (non-hydrogen) atoms. The Morgan fingerprint density at radius 2 is 1.81 bits per heavy atom. The molecule has 1 aromatic heterocycles. The Hall–Kier alpha value is -1.78. The molecule has 0 saturated carbocycles. The standard InChI is InChI=1S/C17H20FN3/c18-15-6-7-16(20-12-15)17(19)8-10-21(11-9-17)13-14-4-2-1-3-5-14/h1-7,12H,8-11,13,19H2. The van der Waals surface area contributed by atoms with Crippen molar-refractivity contribution in [2.45, 2.75) is 24.9 Å². The van der Waals surface area contributed by atoms with Gasteiger partial charge < -0.3 is 5.73 Å². The molecule has 3 nitrogen and oxygen atoms in total. The van der Waals surface area contributed by atoms with Gasteiger partial charge in [-0.1, -0.05) is 30.3 Å². The van der Waals surface area contributed by atoms with E-state index in [1.165, 1.54) is 17.8 Å². The summed E-state index contributed by atoms with van der Waals surface area (Å²) >= 11 is 0. The van der Waals surface area contributed by atoms with E-state index in [4.69, 9.17) is 5.73 Å². The lowest BCUT2D eigenvalue weighted by Gasteiger charge is -2.38. The number of likely N-dealkylation sites (tertiary alicyclic amines) is 1. The van der Waals surface area contributed by atoms with Gasteiger partial charge in [-0.3, -0.25) is 9.88 Å². The van der Waals surface area contributed by atoms with E-state index in [1.807, 2.05) is 6.07 Å². The third kappa shape index (κ3) is 3.28. The van der Waals surface area contributed by atoms with Crippen LogP contribution >= 0.6 is 0 Å². The fourth-order valence-electron chi connectivity index (χ4n) is 2.88. The van der Waals surface area contributed by atoms with Crippen LogP contribution in [0.15, 0.2) is 48.7 Å². The first-order valence-corrected chi connectivity index (χ1v) is 7.33. The Balaban J connectivity index is 1.63. The van der Waals surface area contributed by atoms with E-state index in [2.05, 4.69) is 34.1 Å². The first-order valence-electron chi connectivity index (χ1n) is 7.33. The summed E-state index contributed by atoms with van der Waals surface area (Å²) in [6.45, 7) is 2.82. The summed E-state index contributed by atoms with van der Waals surface area (Å²) in [6.07, 6.45) is 2.94. The number of aromatic nitrogens is 1. The molecule has 2 N–H and O–H groups in total. The second-order valence-electron chi connectivity index (χ2n) is 5.78. The Labute approximate surface area is 124 Å². The van der Waals surface area contributed by atoms with Crippen LogP contribution in [0, 0.1) is 5.82 Å². The molecule has 0 aliphatic carbocycles. The number of halogens is 1. The predicted molar refractivity (Wildman–Crippen MR) is 81.0 cm³/mol. The maximum absolute atomic E-state index is 13.0. The van der Waals surface area contributed by atoms with Gasteiger partial charge in [0.15, 0.2) is 0 Å². The average Bonchev–Trinajstić information content (AvgIpc) is 2.51. The highest BCUT2D eigenvalue weighted by Crippen LogP contribution is 2.29. The van der Waals surface area contributed by atoms with Gasteiger partial charge >= 0.3 is 0 Å². The number of nitrogens with zero attached hydrogens (tertiary/aromatic N) is 2. The number of nitrogens with two attached hydrogens (primary N) is 1. The molecule has 1 aromatic carbocycles. The molecular formula is C17H20FN3. The van der Waals surface area contributed by atoms with Crippen LogP contribution in [0.3, 0.4) is 0 Å². The van der Waals surface area contributed by atoms with E-state index in [-0.39, 0.29) is 5.82 Å². The van der Waals surface area contributed by atoms with Crippen LogP contribution in [0.1, 0.15) is 24.1 Å². The fourth-order valence-corrected chi connectivity index (χ4v) is 2.88. The maximum atomic E-state index is 13.0. The second-order valence-corrected chi connectivity index (χ2v) is 5.78. The molecule has 0 unspecified atom stereocenters. The lowest BCUT2D eigenvalue weighted by molar-refractivity contribution is 0.153. The third-order valence-corrected chi connectivity index (χ3v) is 4.23. The van der Waals surface area contributed by atoms with Crippen LogP contribution < -0.4 is 5.73 Å². The molecule has 110 valence electrons. The quantitative estimate of drug-likeness (QED) is 0.942. The van der Waals surface area contributed by atoms with Crippen molar-refractivity contribution < 1.29 is 4.39 Å². The SMILES string of the molecule is NC1(c2ccc(F)cn2)CCN(Cc2ccccc2)CC1. The zero-order chi connectivity index (χ0) is 14.7. The van der Waals surface area contributed by atoms with Crippen LogP contribution in [0.4, 0.5) is 4.39 Å². The minimum absolute atomic E-state index is 0.316. The van der Waals surface area contributed by atoms with Gasteiger partial charge in [-0.15, -0.1) is 0 Å². The van der Waals surface area contributed by atoms with Crippen molar-refractivity contribution in [2.24, 2.45) is 5.73 Å². The van der Waals surface area contributed by atoms with Crippen LogP contribution in [0.25, 0.3) is 0 Å². The Morgan fingerprint density at radius 3 is 2.43 bits per heavy atom. The summed E-state index contributed by atoms with van der Waals surface area (Å²) in [5, 5.41) is 0. The number of hydrogen-bond donors (Lipinski definition) is 1. The number of hydrogen-bond acceptors (Lipinski definition) is 3. The summed E-state index contributed by atoms with van der Waals surface area (Å²) in [5.74, 6) is -0.316. The van der Waals surface area contributed by atoms with Crippen molar-refractivity contribution in [3.05, 3.63) is 65.7 Å². The lowest BCUT2D eigenvalue weighted by Crippen LogP contribution is -2.48. The van der Waals surface area contributed by atoms with E-state index in [0.717, 1.165) is 38.2 Å². The molecule has 1 aliphatic heterocycles. The number of rotatable bonds is 3. The van der Waals surface area contributed by atoms with Crippen molar-refractivity contribution >= 4 is 0 Å². The molecule has 4 heteroatoms. The molecule has 0 bridgehead atoms. The highest BCUT2D eigenvalue weighted by molar-refractivity contribution is 5.18. The summed E-state index contributed by atoms with van der Waals surface area (Å²) in [4.78, 5) is 6.57. The predicted octanol–water partition coefficient (Wildman–Crippen LogP) is 2.67. The monoisotopic (exact) mass is 285 g/mol. The summed E-state index contributed by atoms with van der Waals surface area (Å²) < 4.78 is 13.0. The highest BCUT2D eigenvalue weighted by atomic mass is 19.1. The normalized spacial score (nSPS) is 18.6. The molecule has 2 heterocycles. The summed E-state index contributed by atoms with van der Waals surface area (Å²) in [7, 11) is 0. The first kappa shape index (κ1) is 14.2. The van der Waals surface area contributed by atoms with Crippen LogP contribution in [0.2, 0.25) is 0 Å². The maximum Gasteiger partial charge on any atom is 0.141 e. The zero-order valence-electron chi connectivity index (χ0n) is 12.0. The Bertz CT molecular complexity index is 575. The van der Waals surface area contributed by atoms with Gasteiger partial charge in [-0.2, -0.15) is 0 Å². The lowest BCUT2D eigenvalue weighted by atomic mass is 9.85.